The van der Waals surface area contributed by atoms with Gasteiger partial charge in [-0.15, -0.1) is 0 Å². The molecule has 2 rings (SSSR count). The van der Waals surface area contributed by atoms with Crippen molar-refractivity contribution in [3.05, 3.63) is 12.0 Å². The molecular formula is C12H17N3OS. The van der Waals surface area contributed by atoms with Gasteiger partial charge in [-0.05, 0) is 32.7 Å². The predicted molar refractivity (Wildman–Crippen MR) is 66.8 cm³/mol. The van der Waals surface area contributed by atoms with Crippen LogP contribution in [0.3, 0.4) is 0 Å². The Morgan fingerprint density at radius 2 is 2.59 bits per heavy atom. The molecule has 92 valence electrons. The highest BCUT2D eigenvalue weighted by Crippen LogP contribution is 2.39. The van der Waals surface area contributed by atoms with Crippen molar-refractivity contribution in [2.24, 2.45) is 0 Å². The van der Waals surface area contributed by atoms with Gasteiger partial charge in [-0.2, -0.15) is 5.26 Å². The zero-order valence-corrected chi connectivity index (χ0v) is 11.0. The number of thioether (sulfide) groups is 1. The number of aromatic nitrogens is 1. The summed E-state index contributed by atoms with van der Waals surface area (Å²) in [5.74, 6) is 0. The quantitative estimate of drug-likeness (QED) is 0.890. The van der Waals surface area contributed by atoms with Crippen LogP contribution in [0, 0.1) is 18.3 Å². The summed E-state index contributed by atoms with van der Waals surface area (Å²) < 4.78 is 5.34. The summed E-state index contributed by atoms with van der Waals surface area (Å²) in [5.41, 5.74) is 0.567. The van der Waals surface area contributed by atoms with Crippen molar-refractivity contribution in [2.45, 2.75) is 49.1 Å². The van der Waals surface area contributed by atoms with E-state index in [0.717, 1.165) is 36.7 Å². The van der Waals surface area contributed by atoms with E-state index < -0.39 is 0 Å². The molecule has 2 atom stereocenters. The molecule has 0 radical (unpaired) electrons. The smallest absolute Gasteiger partial charge is 0.256 e. The van der Waals surface area contributed by atoms with Gasteiger partial charge in [0.15, 0.2) is 0 Å². The number of oxazole rings is 1. The molecule has 4 nitrogen and oxygen atoms in total. The first-order chi connectivity index (χ1) is 8.17. The van der Waals surface area contributed by atoms with Crippen molar-refractivity contribution < 1.29 is 4.42 Å². The number of nitrogens with one attached hydrogen (secondary N) is 1. The standard InChI is InChI=1S/C12H17N3OS/c1-3-14-12(8-13)5-4-10(6-12)17-11-15-9(2)7-16-11/h7,10,14H,3-6H2,1-2H3. The van der Waals surface area contributed by atoms with Crippen LogP contribution in [0.15, 0.2) is 15.9 Å². The first kappa shape index (κ1) is 12.5. The molecule has 1 aliphatic carbocycles. The molecule has 1 N–H and O–H groups in total. The van der Waals surface area contributed by atoms with Gasteiger partial charge in [-0.25, -0.2) is 4.98 Å². The van der Waals surface area contributed by atoms with E-state index in [1.807, 2.05) is 13.8 Å². The Morgan fingerprint density at radius 1 is 1.76 bits per heavy atom. The lowest BCUT2D eigenvalue weighted by atomic mass is 10.0. The molecule has 1 heterocycles. The van der Waals surface area contributed by atoms with E-state index in [2.05, 4.69) is 16.4 Å². The number of nitriles is 1. The molecule has 5 heteroatoms. The second kappa shape index (κ2) is 5.11. The van der Waals surface area contributed by atoms with E-state index in [-0.39, 0.29) is 5.54 Å². The molecule has 2 unspecified atom stereocenters. The van der Waals surface area contributed by atoms with Gasteiger partial charge in [-0.3, -0.25) is 5.32 Å². The minimum absolute atomic E-state index is 0.339. The second-order valence-corrected chi connectivity index (χ2v) is 5.71. The summed E-state index contributed by atoms with van der Waals surface area (Å²) in [5, 5.41) is 13.7. The zero-order valence-electron chi connectivity index (χ0n) is 10.2. The first-order valence-electron chi connectivity index (χ1n) is 5.92. The summed E-state index contributed by atoms with van der Waals surface area (Å²) in [4.78, 5) is 4.29. The van der Waals surface area contributed by atoms with Gasteiger partial charge >= 0.3 is 0 Å². The van der Waals surface area contributed by atoms with Crippen LogP contribution < -0.4 is 5.32 Å². The fraction of sp³-hybridized carbons (Fsp3) is 0.667. The Hall–Kier alpha value is -0.990. The summed E-state index contributed by atoms with van der Waals surface area (Å²) in [7, 11) is 0. The molecule has 1 aliphatic rings. The van der Waals surface area contributed by atoms with Crippen LogP contribution in [0.1, 0.15) is 31.9 Å². The molecule has 0 aliphatic heterocycles. The minimum atomic E-state index is -0.339. The Kier molecular flexibility index (Phi) is 3.75. The lowest BCUT2D eigenvalue weighted by Gasteiger charge is -2.21. The van der Waals surface area contributed by atoms with Gasteiger partial charge in [-0.1, -0.05) is 18.7 Å². The van der Waals surface area contributed by atoms with E-state index in [1.54, 1.807) is 18.0 Å². The third-order valence-corrected chi connectivity index (χ3v) is 4.19. The molecule has 17 heavy (non-hydrogen) atoms. The summed E-state index contributed by atoms with van der Waals surface area (Å²) in [6.45, 7) is 4.79. The first-order valence-corrected chi connectivity index (χ1v) is 6.80. The Balaban J connectivity index is 1.96. The Morgan fingerprint density at radius 3 is 3.18 bits per heavy atom. The SMILES string of the molecule is CCNC1(C#N)CCC(Sc2nc(C)co2)C1. The Bertz CT molecular complexity index is 426. The molecule has 0 spiro atoms. The monoisotopic (exact) mass is 251 g/mol. The van der Waals surface area contributed by atoms with Gasteiger partial charge < -0.3 is 4.42 Å². The predicted octanol–water partition coefficient (Wildman–Crippen LogP) is 2.50. The second-order valence-electron chi connectivity index (χ2n) is 4.46. The van der Waals surface area contributed by atoms with Crippen LogP contribution in [-0.2, 0) is 0 Å². The number of aryl methyl sites for hydroxylation is 1. The maximum Gasteiger partial charge on any atom is 0.256 e. The van der Waals surface area contributed by atoms with E-state index >= 15 is 0 Å². The summed E-state index contributed by atoms with van der Waals surface area (Å²) >= 11 is 1.65. The van der Waals surface area contributed by atoms with Crippen molar-refractivity contribution in [3.8, 4) is 6.07 Å². The van der Waals surface area contributed by atoms with Crippen LogP contribution in [-0.4, -0.2) is 22.3 Å². The van der Waals surface area contributed by atoms with Gasteiger partial charge in [0.25, 0.3) is 5.22 Å². The number of rotatable bonds is 4. The van der Waals surface area contributed by atoms with Gasteiger partial charge in [0.2, 0.25) is 0 Å². The summed E-state index contributed by atoms with van der Waals surface area (Å²) in [6, 6.07) is 2.42. The minimum Gasteiger partial charge on any atom is -0.440 e. The fourth-order valence-corrected chi connectivity index (χ4v) is 3.46. The van der Waals surface area contributed by atoms with E-state index in [0.29, 0.717) is 5.25 Å². The lowest BCUT2D eigenvalue weighted by Crippen LogP contribution is -2.41. The molecule has 0 aromatic carbocycles. The van der Waals surface area contributed by atoms with Crippen LogP contribution >= 0.6 is 11.8 Å². The molecule has 1 fully saturated rings. The maximum absolute atomic E-state index is 9.27. The fourth-order valence-electron chi connectivity index (χ4n) is 2.27. The van der Waals surface area contributed by atoms with Crippen molar-refractivity contribution in [1.29, 1.82) is 5.26 Å². The van der Waals surface area contributed by atoms with Gasteiger partial charge in [0, 0.05) is 5.25 Å². The number of nitrogens with zero attached hydrogens (tertiary/aromatic N) is 2. The number of hydrogen-bond donors (Lipinski definition) is 1. The molecular weight excluding hydrogens is 234 g/mol. The number of hydrogen-bond acceptors (Lipinski definition) is 5. The maximum atomic E-state index is 9.27. The van der Waals surface area contributed by atoms with E-state index in [4.69, 9.17) is 4.42 Å². The molecule has 1 aromatic heterocycles. The third-order valence-electron chi connectivity index (χ3n) is 3.06. The average Bonchev–Trinajstić information content (AvgIpc) is 2.88. The topological polar surface area (TPSA) is 61.9 Å². The Labute approximate surface area is 106 Å². The van der Waals surface area contributed by atoms with Crippen molar-refractivity contribution in [3.63, 3.8) is 0 Å². The molecule has 0 saturated heterocycles. The van der Waals surface area contributed by atoms with E-state index in [9.17, 15) is 5.26 Å². The van der Waals surface area contributed by atoms with Crippen LogP contribution in [0.25, 0.3) is 0 Å². The molecule has 1 aromatic rings. The summed E-state index contributed by atoms with van der Waals surface area (Å²) in [6.07, 6.45) is 4.48. The lowest BCUT2D eigenvalue weighted by molar-refractivity contribution is 0.434. The molecule has 0 amide bonds. The highest BCUT2D eigenvalue weighted by molar-refractivity contribution is 7.99. The molecule has 1 saturated carbocycles. The molecule has 0 bridgehead atoms. The normalized spacial score (nSPS) is 28.2. The van der Waals surface area contributed by atoms with Crippen molar-refractivity contribution in [1.82, 2.24) is 10.3 Å². The van der Waals surface area contributed by atoms with Gasteiger partial charge in [0.1, 0.15) is 11.8 Å². The highest BCUT2D eigenvalue weighted by atomic mass is 32.2. The van der Waals surface area contributed by atoms with Crippen LogP contribution in [0.4, 0.5) is 0 Å². The van der Waals surface area contributed by atoms with Crippen LogP contribution in [0.2, 0.25) is 0 Å². The largest absolute Gasteiger partial charge is 0.440 e. The van der Waals surface area contributed by atoms with Crippen LogP contribution in [0.5, 0.6) is 0 Å². The zero-order chi connectivity index (χ0) is 12.3. The highest BCUT2D eigenvalue weighted by Gasteiger charge is 2.39. The van der Waals surface area contributed by atoms with Gasteiger partial charge in [0.05, 0.1) is 11.8 Å². The van der Waals surface area contributed by atoms with E-state index in [1.165, 1.54) is 0 Å². The third kappa shape index (κ3) is 2.82. The van der Waals surface area contributed by atoms with Crippen molar-refractivity contribution in [2.75, 3.05) is 6.54 Å². The van der Waals surface area contributed by atoms with Crippen molar-refractivity contribution >= 4 is 11.8 Å². The average molecular weight is 251 g/mol.